The van der Waals surface area contributed by atoms with Gasteiger partial charge in [-0.3, -0.25) is 10.1 Å². The van der Waals surface area contributed by atoms with Crippen molar-refractivity contribution in [2.45, 2.75) is 13.0 Å². The molecular formula is C9H10F2N2O2. The molecule has 0 aliphatic rings. The van der Waals surface area contributed by atoms with E-state index in [1.807, 2.05) is 0 Å². The van der Waals surface area contributed by atoms with E-state index in [0.29, 0.717) is 5.56 Å². The van der Waals surface area contributed by atoms with Gasteiger partial charge in [0.05, 0.1) is 11.5 Å². The average molecular weight is 216 g/mol. The van der Waals surface area contributed by atoms with E-state index < -0.39 is 17.9 Å². The van der Waals surface area contributed by atoms with Crippen molar-refractivity contribution < 1.29 is 13.7 Å². The van der Waals surface area contributed by atoms with Crippen molar-refractivity contribution in [3.05, 3.63) is 39.9 Å². The minimum Gasteiger partial charge on any atom is -0.307 e. The number of non-ortho nitro benzene ring substituents is 1. The molecule has 1 aromatic carbocycles. The first-order chi connectivity index (χ1) is 7.09. The molecule has 4 nitrogen and oxygen atoms in total. The highest BCUT2D eigenvalue weighted by molar-refractivity contribution is 5.34. The molecule has 0 radical (unpaired) electrons. The first-order valence-electron chi connectivity index (χ1n) is 4.32. The fourth-order valence-corrected chi connectivity index (χ4v) is 1.11. The van der Waals surface area contributed by atoms with Crippen LogP contribution < -0.4 is 5.32 Å². The van der Waals surface area contributed by atoms with Gasteiger partial charge >= 0.3 is 0 Å². The lowest BCUT2D eigenvalue weighted by molar-refractivity contribution is -0.384. The minimum atomic E-state index is -2.41. The zero-order valence-corrected chi connectivity index (χ0v) is 7.82. The second-order valence-corrected chi connectivity index (χ2v) is 2.95. The molecule has 0 spiro atoms. The van der Waals surface area contributed by atoms with Crippen LogP contribution in [0.1, 0.15) is 5.56 Å². The van der Waals surface area contributed by atoms with Gasteiger partial charge in [-0.2, -0.15) is 0 Å². The molecule has 0 fully saturated rings. The first-order valence-corrected chi connectivity index (χ1v) is 4.32. The first kappa shape index (κ1) is 11.5. The van der Waals surface area contributed by atoms with Gasteiger partial charge in [0.15, 0.2) is 0 Å². The number of halogens is 2. The summed E-state index contributed by atoms with van der Waals surface area (Å²) in [5, 5.41) is 12.9. The van der Waals surface area contributed by atoms with Crippen LogP contribution in [0.15, 0.2) is 24.3 Å². The monoisotopic (exact) mass is 216 g/mol. The van der Waals surface area contributed by atoms with Crippen LogP contribution in [0.4, 0.5) is 14.5 Å². The molecule has 0 bridgehead atoms. The van der Waals surface area contributed by atoms with E-state index in [9.17, 15) is 18.9 Å². The maximum Gasteiger partial charge on any atom is 0.269 e. The van der Waals surface area contributed by atoms with E-state index in [0.717, 1.165) is 0 Å². The molecule has 82 valence electrons. The summed E-state index contributed by atoms with van der Waals surface area (Å²) in [5.74, 6) is 0. The van der Waals surface area contributed by atoms with Crippen LogP contribution in [0, 0.1) is 10.1 Å². The van der Waals surface area contributed by atoms with Crippen molar-refractivity contribution in [3.63, 3.8) is 0 Å². The molecule has 0 heterocycles. The molecule has 0 aromatic heterocycles. The largest absolute Gasteiger partial charge is 0.307 e. The Hall–Kier alpha value is -1.56. The van der Waals surface area contributed by atoms with E-state index in [2.05, 4.69) is 5.32 Å². The Morgan fingerprint density at radius 1 is 1.47 bits per heavy atom. The van der Waals surface area contributed by atoms with Gasteiger partial charge in [-0.15, -0.1) is 0 Å². The van der Waals surface area contributed by atoms with Crippen molar-refractivity contribution in [1.82, 2.24) is 5.32 Å². The van der Waals surface area contributed by atoms with Gasteiger partial charge in [-0.1, -0.05) is 12.1 Å². The van der Waals surface area contributed by atoms with E-state index >= 15 is 0 Å². The van der Waals surface area contributed by atoms with Crippen LogP contribution in [0.5, 0.6) is 0 Å². The highest BCUT2D eigenvalue weighted by atomic mass is 19.3. The van der Waals surface area contributed by atoms with Crippen molar-refractivity contribution >= 4 is 5.69 Å². The maximum atomic E-state index is 11.8. The minimum absolute atomic E-state index is 0.0358. The maximum absolute atomic E-state index is 11.8. The number of nitrogens with one attached hydrogen (secondary N) is 1. The summed E-state index contributed by atoms with van der Waals surface area (Å²) in [5.41, 5.74) is 0.580. The normalized spacial score (nSPS) is 10.6. The summed E-state index contributed by atoms with van der Waals surface area (Å²) < 4.78 is 23.5. The highest BCUT2D eigenvalue weighted by Gasteiger charge is 2.06. The summed E-state index contributed by atoms with van der Waals surface area (Å²) >= 11 is 0. The van der Waals surface area contributed by atoms with Crippen molar-refractivity contribution in [2.75, 3.05) is 6.54 Å². The predicted molar refractivity (Wildman–Crippen MR) is 50.8 cm³/mol. The van der Waals surface area contributed by atoms with Crippen molar-refractivity contribution in [1.29, 1.82) is 0 Å². The zero-order chi connectivity index (χ0) is 11.3. The molecule has 15 heavy (non-hydrogen) atoms. The lowest BCUT2D eigenvalue weighted by Gasteiger charge is -2.03. The van der Waals surface area contributed by atoms with Crippen LogP contribution in [0.25, 0.3) is 0 Å². The van der Waals surface area contributed by atoms with E-state index in [4.69, 9.17) is 0 Å². The lowest BCUT2D eigenvalue weighted by Crippen LogP contribution is -2.20. The number of hydrogen-bond acceptors (Lipinski definition) is 3. The van der Waals surface area contributed by atoms with Gasteiger partial charge in [0.25, 0.3) is 12.1 Å². The third-order valence-corrected chi connectivity index (χ3v) is 1.75. The van der Waals surface area contributed by atoms with Crippen LogP contribution in [-0.2, 0) is 6.54 Å². The molecule has 0 saturated heterocycles. The van der Waals surface area contributed by atoms with Crippen LogP contribution in [0.3, 0.4) is 0 Å². The van der Waals surface area contributed by atoms with E-state index in [1.54, 1.807) is 6.07 Å². The highest BCUT2D eigenvalue weighted by Crippen LogP contribution is 2.12. The number of nitro benzene ring substituents is 1. The van der Waals surface area contributed by atoms with E-state index in [1.165, 1.54) is 18.2 Å². The van der Waals surface area contributed by atoms with Gasteiger partial charge < -0.3 is 5.32 Å². The fourth-order valence-electron chi connectivity index (χ4n) is 1.11. The van der Waals surface area contributed by atoms with Gasteiger partial charge in [0.1, 0.15) is 0 Å². The summed E-state index contributed by atoms with van der Waals surface area (Å²) in [6, 6.07) is 5.89. The number of alkyl halides is 2. The molecule has 6 heteroatoms. The van der Waals surface area contributed by atoms with Crippen molar-refractivity contribution in [2.24, 2.45) is 0 Å². The van der Waals surface area contributed by atoms with Crippen LogP contribution >= 0.6 is 0 Å². The quantitative estimate of drug-likeness (QED) is 0.604. The summed E-state index contributed by atoms with van der Waals surface area (Å²) in [4.78, 5) is 9.88. The molecule has 0 unspecified atom stereocenters. The lowest BCUT2D eigenvalue weighted by atomic mass is 10.2. The average Bonchev–Trinajstić information content (AvgIpc) is 2.17. The number of nitrogens with zero attached hydrogens (tertiary/aromatic N) is 1. The Morgan fingerprint density at radius 3 is 2.80 bits per heavy atom. The Bertz CT molecular complexity index is 345. The molecular weight excluding hydrogens is 206 g/mol. The molecule has 0 aliphatic carbocycles. The second-order valence-electron chi connectivity index (χ2n) is 2.95. The van der Waals surface area contributed by atoms with Gasteiger partial charge in [-0.25, -0.2) is 8.78 Å². The molecule has 0 aliphatic heterocycles. The molecule has 1 aromatic rings. The zero-order valence-electron chi connectivity index (χ0n) is 7.82. The summed E-state index contributed by atoms with van der Waals surface area (Å²) in [6.45, 7) is -0.214. The van der Waals surface area contributed by atoms with Gasteiger partial charge in [0.2, 0.25) is 0 Å². The number of rotatable bonds is 5. The third kappa shape index (κ3) is 3.99. The van der Waals surface area contributed by atoms with E-state index in [-0.39, 0.29) is 12.2 Å². The Morgan fingerprint density at radius 2 is 2.20 bits per heavy atom. The summed E-state index contributed by atoms with van der Waals surface area (Å²) in [6.07, 6.45) is -2.41. The molecule has 0 saturated carbocycles. The molecule has 1 rings (SSSR count). The number of nitro groups is 1. The van der Waals surface area contributed by atoms with Crippen LogP contribution in [-0.4, -0.2) is 17.9 Å². The van der Waals surface area contributed by atoms with Gasteiger partial charge in [-0.05, 0) is 5.56 Å². The standard InChI is InChI=1S/C9H10F2N2O2/c10-9(11)6-12-5-7-2-1-3-8(4-7)13(14)15/h1-4,9,12H,5-6H2. The Balaban J connectivity index is 2.54. The van der Waals surface area contributed by atoms with Crippen molar-refractivity contribution in [3.8, 4) is 0 Å². The fraction of sp³-hybridized carbons (Fsp3) is 0.333. The molecule has 1 N–H and O–H groups in total. The summed E-state index contributed by atoms with van der Waals surface area (Å²) in [7, 11) is 0. The molecule has 0 amide bonds. The topological polar surface area (TPSA) is 55.2 Å². The van der Waals surface area contributed by atoms with Crippen LogP contribution in [0.2, 0.25) is 0 Å². The Labute approximate surface area is 85.1 Å². The Kier molecular flexibility index (Phi) is 4.11. The smallest absolute Gasteiger partial charge is 0.269 e. The number of hydrogen-bond donors (Lipinski definition) is 1. The molecule has 0 atom stereocenters. The third-order valence-electron chi connectivity index (χ3n) is 1.75. The van der Waals surface area contributed by atoms with Gasteiger partial charge in [0, 0.05) is 18.7 Å². The predicted octanol–water partition coefficient (Wildman–Crippen LogP) is 1.95. The number of benzene rings is 1. The SMILES string of the molecule is O=[N+]([O-])c1cccc(CNCC(F)F)c1. The second kappa shape index (κ2) is 5.35.